The second kappa shape index (κ2) is 8.03. The Morgan fingerprint density at radius 3 is 2.89 bits per heavy atom. The van der Waals surface area contributed by atoms with Crippen molar-refractivity contribution in [3.63, 3.8) is 0 Å². The number of hydrogen-bond donors (Lipinski definition) is 1. The molecule has 1 rings (SSSR count). The first kappa shape index (κ1) is 14.9. The average molecular weight is 261 g/mol. The Morgan fingerprint density at radius 1 is 1.47 bits per heavy atom. The molecule has 0 aliphatic heterocycles. The van der Waals surface area contributed by atoms with E-state index in [0.717, 1.165) is 13.0 Å². The fraction of sp³-hybridized carbons (Fsp3) is 0.538. The lowest BCUT2D eigenvalue weighted by Gasteiger charge is -2.18. The van der Waals surface area contributed by atoms with Crippen molar-refractivity contribution in [2.75, 3.05) is 25.0 Å². The summed E-state index contributed by atoms with van der Waals surface area (Å²) in [5, 5.41) is 11.7. The van der Waals surface area contributed by atoms with Crippen molar-refractivity contribution in [1.82, 2.24) is 14.9 Å². The van der Waals surface area contributed by atoms with Crippen LogP contribution in [0.5, 0.6) is 0 Å². The molecule has 102 valence electrons. The van der Waals surface area contributed by atoms with Crippen molar-refractivity contribution < 1.29 is 4.79 Å². The van der Waals surface area contributed by atoms with E-state index in [9.17, 15) is 4.79 Å². The third kappa shape index (κ3) is 4.54. The minimum atomic E-state index is -0.189. The maximum atomic E-state index is 12.2. The molecule has 0 aromatic carbocycles. The zero-order chi connectivity index (χ0) is 14.1. The fourth-order valence-corrected chi connectivity index (χ4v) is 1.56. The lowest BCUT2D eigenvalue weighted by Crippen LogP contribution is -2.32. The molecule has 6 nitrogen and oxygen atoms in total. The van der Waals surface area contributed by atoms with Gasteiger partial charge in [0.25, 0.3) is 5.91 Å². The molecule has 0 radical (unpaired) electrons. The Morgan fingerprint density at radius 2 is 2.26 bits per heavy atom. The predicted octanol–water partition coefficient (Wildman–Crippen LogP) is 1.67. The molecule has 0 bridgehead atoms. The molecule has 1 aromatic heterocycles. The van der Waals surface area contributed by atoms with Gasteiger partial charge in [-0.1, -0.05) is 6.92 Å². The van der Waals surface area contributed by atoms with Crippen LogP contribution in [0.4, 0.5) is 5.82 Å². The van der Waals surface area contributed by atoms with Crippen molar-refractivity contribution >= 4 is 11.7 Å². The summed E-state index contributed by atoms with van der Waals surface area (Å²) < 4.78 is 0. The quantitative estimate of drug-likeness (QED) is 0.807. The standard InChI is InChI=1S/C13H19N5O/c1-3-7-16-12-10-15-9-11(17-12)13(19)18(4-2)8-5-6-14/h9-10H,3-5,7-8H2,1-2H3,(H,16,17). The third-order valence-corrected chi connectivity index (χ3v) is 2.57. The average Bonchev–Trinajstić information content (AvgIpc) is 2.46. The van der Waals surface area contributed by atoms with Gasteiger partial charge in [-0.3, -0.25) is 9.78 Å². The number of nitrogens with one attached hydrogen (secondary N) is 1. The molecule has 0 saturated heterocycles. The third-order valence-electron chi connectivity index (χ3n) is 2.57. The van der Waals surface area contributed by atoms with E-state index in [1.807, 2.05) is 13.0 Å². The van der Waals surface area contributed by atoms with Gasteiger partial charge in [0.05, 0.1) is 24.9 Å². The van der Waals surface area contributed by atoms with Gasteiger partial charge in [0.15, 0.2) is 0 Å². The maximum Gasteiger partial charge on any atom is 0.274 e. The highest BCUT2D eigenvalue weighted by atomic mass is 16.2. The minimum Gasteiger partial charge on any atom is -0.369 e. The summed E-state index contributed by atoms with van der Waals surface area (Å²) in [6.45, 7) is 5.69. The molecular weight excluding hydrogens is 242 g/mol. The van der Waals surface area contributed by atoms with Gasteiger partial charge in [-0.2, -0.15) is 5.26 Å². The van der Waals surface area contributed by atoms with Crippen LogP contribution in [0.2, 0.25) is 0 Å². The molecule has 0 aliphatic rings. The van der Waals surface area contributed by atoms with Crippen LogP contribution >= 0.6 is 0 Å². The van der Waals surface area contributed by atoms with Crippen LogP contribution in [-0.4, -0.2) is 40.4 Å². The topological polar surface area (TPSA) is 81.9 Å². The van der Waals surface area contributed by atoms with Gasteiger partial charge in [0.1, 0.15) is 11.5 Å². The van der Waals surface area contributed by atoms with Crippen molar-refractivity contribution in [2.45, 2.75) is 26.7 Å². The Kier molecular flexibility index (Phi) is 6.30. The number of anilines is 1. The first-order valence-electron chi connectivity index (χ1n) is 6.45. The largest absolute Gasteiger partial charge is 0.369 e. The number of aromatic nitrogens is 2. The fourth-order valence-electron chi connectivity index (χ4n) is 1.56. The lowest BCUT2D eigenvalue weighted by atomic mass is 10.3. The Labute approximate surface area is 113 Å². The van der Waals surface area contributed by atoms with E-state index in [1.54, 1.807) is 11.1 Å². The number of nitriles is 1. The molecule has 0 saturated carbocycles. The molecule has 1 heterocycles. The molecule has 0 aliphatic carbocycles. The van der Waals surface area contributed by atoms with Crippen molar-refractivity contribution in [2.24, 2.45) is 0 Å². The number of amides is 1. The van der Waals surface area contributed by atoms with Crippen LogP contribution in [0.3, 0.4) is 0 Å². The van der Waals surface area contributed by atoms with Gasteiger partial charge in [0, 0.05) is 19.6 Å². The van der Waals surface area contributed by atoms with E-state index in [-0.39, 0.29) is 5.91 Å². The first-order chi connectivity index (χ1) is 9.22. The van der Waals surface area contributed by atoms with Gasteiger partial charge >= 0.3 is 0 Å². The smallest absolute Gasteiger partial charge is 0.274 e. The normalized spacial score (nSPS) is 9.74. The molecule has 0 atom stereocenters. The zero-order valence-electron chi connectivity index (χ0n) is 11.4. The predicted molar refractivity (Wildman–Crippen MR) is 72.6 cm³/mol. The van der Waals surface area contributed by atoms with Gasteiger partial charge in [-0.05, 0) is 13.3 Å². The molecule has 1 amide bonds. The molecule has 19 heavy (non-hydrogen) atoms. The number of hydrogen-bond acceptors (Lipinski definition) is 5. The van der Waals surface area contributed by atoms with Crippen molar-refractivity contribution in [3.05, 3.63) is 18.1 Å². The van der Waals surface area contributed by atoms with Gasteiger partial charge < -0.3 is 10.2 Å². The summed E-state index contributed by atoms with van der Waals surface area (Å²) in [5.74, 6) is 0.412. The number of carbonyl (C=O) groups is 1. The summed E-state index contributed by atoms with van der Waals surface area (Å²) in [4.78, 5) is 22.0. The Bertz CT molecular complexity index is 455. The van der Waals surface area contributed by atoms with E-state index in [4.69, 9.17) is 5.26 Å². The molecule has 1 aromatic rings. The number of carbonyl (C=O) groups excluding carboxylic acids is 1. The monoisotopic (exact) mass is 261 g/mol. The van der Waals surface area contributed by atoms with E-state index in [2.05, 4.69) is 22.2 Å². The molecule has 0 fully saturated rings. The molecule has 0 spiro atoms. The number of rotatable bonds is 7. The Balaban J connectivity index is 2.77. The van der Waals surface area contributed by atoms with Gasteiger partial charge in [0.2, 0.25) is 0 Å². The second-order valence-corrected chi connectivity index (χ2v) is 4.01. The molecule has 0 unspecified atom stereocenters. The van der Waals surface area contributed by atoms with E-state index < -0.39 is 0 Å². The van der Waals surface area contributed by atoms with Crippen molar-refractivity contribution in [1.29, 1.82) is 5.26 Å². The molecule has 1 N–H and O–H groups in total. The highest BCUT2D eigenvalue weighted by Gasteiger charge is 2.15. The number of nitrogens with zero attached hydrogens (tertiary/aromatic N) is 4. The van der Waals surface area contributed by atoms with Gasteiger partial charge in [-0.25, -0.2) is 4.98 Å². The van der Waals surface area contributed by atoms with Crippen LogP contribution < -0.4 is 5.32 Å². The van der Waals surface area contributed by atoms with Crippen LogP contribution in [0.15, 0.2) is 12.4 Å². The van der Waals surface area contributed by atoms with Crippen LogP contribution in [-0.2, 0) is 0 Å². The summed E-state index contributed by atoms with van der Waals surface area (Å²) >= 11 is 0. The SMILES string of the molecule is CCCNc1cncc(C(=O)N(CC)CCC#N)n1. The van der Waals surface area contributed by atoms with E-state index in [1.165, 1.54) is 6.20 Å². The second-order valence-electron chi connectivity index (χ2n) is 4.01. The van der Waals surface area contributed by atoms with Gasteiger partial charge in [-0.15, -0.1) is 0 Å². The minimum absolute atomic E-state index is 0.189. The summed E-state index contributed by atoms with van der Waals surface area (Å²) in [6, 6.07) is 2.04. The summed E-state index contributed by atoms with van der Waals surface area (Å²) in [7, 11) is 0. The van der Waals surface area contributed by atoms with E-state index in [0.29, 0.717) is 31.0 Å². The Hall–Kier alpha value is -2.16. The van der Waals surface area contributed by atoms with Crippen LogP contribution in [0.1, 0.15) is 37.2 Å². The first-order valence-corrected chi connectivity index (χ1v) is 6.45. The van der Waals surface area contributed by atoms with Crippen LogP contribution in [0, 0.1) is 11.3 Å². The highest BCUT2D eigenvalue weighted by molar-refractivity contribution is 5.92. The zero-order valence-corrected chi connectivity index (χ0v) is 11.4. The maximum absolute atomic E-state index is 12.2. The molecule has 6 heteroatoms. The highest BCUT2D eigenvalue weighted by Crippen LogP contribution is 2.06. The van der Waals surface area contributed by atoms with Crippen molar-refractivity contribution in [3.8, 4) is 6.07 Å². The lowest BCUT2D eigenvalue weighted by molar-refractivity contribution is 0.0761. The summed E-state index contributed by atoms with van der Waals surface area (Å²) in [6.07, 6.45) is 4.34. The molecular formula is C13H19N5O. The van der Waals surface area contributed by atoms with Crippen LogP contribution in [0.25, 0.3) is 0 Å². The summed E-state index contributed by atoms with van der Waals surface area (Å²) in [5.41, 5.74) is 0.306. The van der Waals surface area contributed by atoms with E-state index >= 15 is 0 Å².